The molecule has 9 nitrogen and oxygen atoms in total. The quantitative estimate of drug-likeness (QED) is 0.315. The van der Waals surface area contributed by atoms with Crippen LogP contribution in [0.3, 0.4) is 0 Å². The Labute approximate surface area is 261 Å². The lowest BCUT2D eigenvalue weighted by Gasteiger charge is -2.44. The number of ether oxygens (including phenoxy) is 2. The number of sulfonamides is 1. The minimum absolute atomic E-state index is 0.00485. The lowest BCUT2D eigenvalue weighted by Crippen LogP contribution is -2.48. The normalized spacial score (nSPS) is 22.8. The molecule has 4 bridgehead atoms. The van der Waals surface area contributed by atoms with Gasteiger partial charge in [0.05, 0.1) is 17.2 Å². The summed E-state index contributed by atoms with van der Waals surface area (Å²) in [5.74, 6) is 0.998. The fraction of sp³-hybridized carbons (Fsp3) is 0.500. The lowest BCUT2D eigenvalue weighted by atomic mass is 9.64. The van der Waals surface area contributed by atoms with Crippen molar-refractivity contribution in [1.82, 2.24) is 15.3 Å². The highest BCUT2D eigenvalue weighted by Crippen LogP contribution is 2.46. The first-order chi connectivity index (χ1) is 20.7. The Morgan fingerprint density at radius 2 is 1.75 bits per heavy atom. The third-order valence-electron chi connectivity index (χ3n) is 8.35. The Balaban J connectivity index is 1.52. The van der Waals surface area contributed by atoms with Gasteiger partial charge in [0.15, 0.2) is 0 Å². The molecule has 1 amide bonds. The molecule has 236 valence electrons. The van der Waals surface area contributed by atoms with Crippen LogP contribution in [0.5, 0.6) is 5.88 Å². The number of hydrogen-bond acceptors (Lipinski definition) is 7. The van der Waals surface area contributed by atoms with Gasteiger partial charge in [0.25, 0.3) is 10.0 Å². The molecule has 0 spiro atoms. The third-order valence-corrected chi connectivity index (χ3v) is 9.68. The first-order valence-corrected chi connectivity index (χ1v) is 16.9. The molecule has 1 saturated carbocycles. The Morgan fingerprint density at radius 1 is 1.07 bits per heavy atom. The fourth-order valence-corrected chi connectivity index (χ4v) is 7.55. The summed E-state index contributed by atoms with van der Waals surface area (Å²) in [5.41, 5.74) is 3.94. The molecule has 1 fully saturated rings. The average Bonchev–Trinajstić information content (AvgIpc) is 2.88. The van der Waals surface area contributed by atoms with Crippen molar-refractivity contribution < 1.29 is 22.7 Å². The second-order valence-electron chi connectivity index (χ2n) is 13.7. The summed E-state index contributed by atoms with van der Waals surface area (Å²) in [6.45, 7) is 14.3. The van der Waals surface area contributed by atoms with E-state index >= 15 is 0 Å². The number of aryl methyl sites for hydroxylation is 2. The zero-order chi connectivity index (χ0) is 31.8. The number of anilines is 1. The minimum atomic E-state index is -3.99. The van der Waals surface area contributed by atoms with Crippen LogP contribution in [0.2, 0.25) is 0 Å². The molecule has 2 atom stereocenters. The number of carbonyl (C=O) groups is 1. The van der Waals surface area contributed by atoms with Crippen LogP contribution in [0.4, 0.5) is 10.7 Å². The molecular formula is C34H44N4O5S. The van der Waals surface area contributed by atoms with Crippen LogP contribution in [0, 0.1) is 31.6 Å². The maximum absolute atomic E-state index is 13.7. The fourth-order valence-electron chi connectivity index (χ4n) is 6.55. The highest BCUT2D eigenvalue weighted by Gasteiger charge is 2.41. The van der Waals surface area contributed by atoms with E-state index in [4.69, 9.17) is 9.47 Å². The SMILES string of the molecule is Cc1cccc(C)c1-c1cc2nc(n1)NS(=O)(=O)c1cccc(c1)C(C1CC(NC(=O)OC(C)(C)C)C1)[C@H](CC(C)C)CO2. The summed E-state index contributed by atoms with van der Waals surface area (Å²) in [6.07, 6.45) is 1.99. The van der Waals surface area contributed by atoms with Gasteiger partial charge in [-0.1, -0.05) is 44.2 Å². The van der Waals surface area contributed by atoms with E-state index in [0.717, 1.165) is 41.5 Å². The minimum Gasteiger partial charge on any atom is -0.477 e. The number of amides is 1. The Hall–Kier alpha value is -3.66. The summed E-state index contributed by atoms with van der Waals surface area (Å²) < 4.78 is 41.9. The standard InChI is InChI=1S/C34H44N4O5S/c1-20(2)14-25-19-42-29-18-28(30-21(3)10-8-11-22(30)4)36-32(37-29)38-44(40,41)27-13-9-12-23(17-27)31(25)24-15-26(16-24)35-33(39)43-34(5,6)7/h8-13,17-18,20,24-26,31H,14-16,19H2,1-7H3,(H,35,39)(H,36,37,38)/t24?,25-,26?,31?/m1/s1. The highest BCUT2D eigenvalue weighted by molar-refractivity contribution is 7.92. The van der Waals surface area contributed by atoms with Crippen LogP contribution in [0.15, 0.2) is 53.4 Å². The molecule has 1 unspecified atom stereocenters. The number of nitrogens with one attached hydrogen (secondary N) is 2. The van der Waals surface area contributed by atoms with Crippen molar-refractivity contribution in [2.75, 3.05) is 11.3 Å². The molecule has 5 rings (SSSR count). The van der Waals surface area contributed by atoms with Crippen molar-refractivity contribution in [2.24, 2.45) is 17.8 Å². The maximum atomic E-state index is 13.7. The molecule has 2 aliphatic rings. The Morgan fingerprint density at radius 3 is 2.41 bits per heavy atom. The number of nitrogens with zero attached hydrogens (tertiary/aromatic N) is 2. The molecule has 0 saturated heterocycles. The van der Waals surface area contributed by atoms with Crippen molar-refractivity contribution >= 4 is 22.1 Å². The molecule has 2 aromatic carbocycles. The van der Waals surface area contributed by atoms with E-state index in [1.54, 1.807) is 24.3 Å². The summed E-state index contributed by atoms with van der Waals surface area (Å²) in [6, 6.07) is 15.0. The van der Waals surface area contributed by atoms with Crippen LogP contribution in [-0.4, -0.2) is 42.7 Å². The zero-order valence-electron chi connectivity index (χ0n) is 26.7. The molecular weight excluding hydrogens is 576 g/mol. The second kappa shape index (κ2) is 12.4. The van der Waals surface area contributed by atoms with Crippen molar-refractivity contribution in [3.63, 3.8) is 0 Å². The predicted molar refractivity (Wildman–Crippen MR) is 171 cm³/mol. The first kappa shape index (κ1) is 31.8. The second-order valence-corrected chi connectivity index (χ2v) is 15.3. The van der Waals surface area contributed by atoms with Crippen LogP contribution in [0.1, 0.15) is 76.5 Å². The van der Waals surface area contributed by atoms with E-state index in [1.807, 2.05) is 58.9 Å². The third kappa shape index (κ3) is 7.34. The molecule has 1 aromatic heterocycles. The largest absolute Gasteiger partial charge is 0.477 e. The van der Waals surface area contributed by atoms with Crippen LogP contribution in [0.25, 0.3) is 11.3 Å². The molecule has 2 heterocycles. The van der Waals surface area contributed by atoms with E-state index in [1.165, 1.54) is 0 Å². The number of fused-ring (bicyclic) bond motifs is 4. The molecule has 44 heavy (non-hydrogen) atoms. The molecule has 1 aliphatic heterocycles. The van der Waals surface area contributed by atoms with Gasteiger partial charge in [-0.05, 0) is 100 Å². The van der Waals surface area contributed by atoms with E-state index < -0.39 is 21.7 Å². The summed E-state index contributed by atoms with van der Waals surface area (Å²) in [4.78, 5) is 21.7. The van der Waals surface area contributed by atoms with Gasteiger partial charge in [-0.15, -0.1) is 0 Å². The Bertz CT molecular complexity index is 1610. The molecule has 10 heteroatoms. The van der Waals surface area contributed by atoms with E-state index in [0.29, 0.717) is 24.1 Å². The van der Waals surface area contributed by atoms with Gasteiger partial charge in [0, 0.05) is 23.6 Å². The van der Waals surface area contributed by atoms with Gasteiger partial charge in [0.2, 0.25) is 11.8 Å². The predicted octanol–water partition coefficient (Wildman–Crippen LogP) is 7.00. The number of hydrogen-bond donors (Lipinski definition) is 2. The van der Waals surface area contributed by atoms with Crippen LogP contribution in [-0.2, 0) is 14.8 Å². The highest BCUT2D eigenvalue weighted by atomic mass is 32.2. The van der Waals surface area contributed by atoms with Gasteiger partial charge in [-0.25, -0.2) is 22.9 Å². The number of rotatable bonds is 5. The van der Waals surface area contributed by atoms with Gasteiger partial charge in [-0.3, -0.25) is 0 Å². The topological polar surface area (TPSA) is 120 Å². The van der Waals surface area contributed by atoms with E-state index in [9.17, 15) is 13.2 Å². The van der Waals surface area contributed by atoms with Gasteiger partial charge >= 0.3 is 6.09 Å². The zero-order valence-corrected chi connectivity index (χ0v) is 27.5. The van der Waals surface area contributed by atoms with Gasteiger partial charge in [0.1, 0.15) is 5.60 Å². The monoisotopic (exact) mass is 620 g/mol. The molecule has 1 aliphatic carbocycles. The van der Waals surface area contributed by atoms with Crippen molar-refractivity contribution in [3.05, 3.63) is 65.2 Å². The number of alkyl carbamates (subject to hydrolysis) is 1. The number of carbonyl (C=O) groups excluding carboxylic acids is 1. The van der Waals surface area contributed by atoms with Crippen LogP contribution < -0.4 is 14.8 Å². The number of benzene rings is 2. The van der Waals surface area contributed by atoms with Gasteiger partial charge < -0.3 is 14.8 Å². The average molecular weight is 621 g/mol. The summed E-state index contributed by atoms with van der Waals surface area (Å²) in [7, 11) is -3.99. The number of aromatic nitrogens is 2. The molecule has 0 radical (unpaired) electrons. The Kier molecular flexibility index (Phi) is 8.94. The molecule has 2 N–H and O–H groups in total. The summed E-state index contributed by atoms with van der Waals surface area (Å²) >= 11 is 0. The van der Waals surface area contributed by atoms with Gasteiger partial charge in [-0.2, -0.15) is 4.98 Å². The van der Waals surface area contributed by atoms with Crippen LogP contribution >= 0.6 is 0 Å². The first-order valence-electron chi connectivity index (χ1n) is 15.4. The maximum Gasteiger partial charge on any atom is 0.407 e. The van der Waals surface area contributed by atoms with Crippen molar-refractivity contribution in [3.8, 4) is 17.1 Å². The smallest absolute Gasteiger partial charge is 0.407 e. The van der Waals surface area contributed by atoms with Crippen molar-refractivity contribution in [2.45, 2.75) is 90.2 Å². The lowest BCUT2D eigenvalue weighted by molar-refractivity contribution is 0.0413. The van der Waals surface area contributed by atoms with E-state index in [2.05, 4.69) is 33.9 Å². The summed E-state index contributed by atoms with van der Waals surface area (Å²) in [5, 5.41) is 3.01. The van der Waals surface area contributed by atoms with E-state index in [-0.39, 0.29) is 34.6 Å². The molecule has 3 aromatic rings. The van der Waals surface area contributed by atoms with Crippen molar-refractivity contribution in [1.29, 1.82) is 0 Å².